The number of aliphatic imine (C=N–C) groups is 1. The van der Waals surface area contributed by atoms with Crippen molar-refractivity contribution in [3.05, 3.63) is 35.9 Å². The molecule has 0 heterocycles. The number of nitrogens with zero attached hydrogens (tertiary/aromatic N) is 2. The third kappa shape index (κ3) is 5.20. The molecule has 0 spiro atoms. The third-order valence-corrected chi connectivity index (χ3v) is 4.00. The molecule has 0 radical (unpaired) electrons. The Kier molecular flexibility index (Phi) is 6.96. The van der Waals surface area contributed by atoms with E-state index in [0.717, 1.165) is 30.5 Å². The minimum Gasteiger partial charge on any atom is -0.445 e. The number of amides is 1. The second-order valence-corrected chi connectivity index (χ2v) is 5.68. The van der Waals surface area contributed by atoms with Crippen molar-refractivity contribution in [3.63, 3.8) is 0 Å². The summed E-state index contributed by atoms with van der Waals surface area (Å²) in [5, 5.41) is 19.1. The summed E-state index contributed by atoms with van der Waals surface area (Å²) in [6.45, 7) is 0.666. The maximum Gasteiger partial charge on any atom is 0.407 e. The molecule has 126 valence electrons. The van der Waals surface area contributed by atoms with Gasteiger partial charge in [0, 0.05) is 18.0 Å². The highest BCUT2D eigenvalue weighted by Gasteiger charge is 2.30. The van der Waals surface area contributed by atoms with Crippen LogP contribution in [-0.2, 0) is 11.3 Å². The number of benzene rings is 1. The summed E-state index contributed by atoms with van der Waals surface area (Å²) in [5.41, 5.74) is 1.82. The average molecular weight is 326 g/mol. The molecule has 1 aromatic carbocycles. The smallest absolute Gasteiger partial charge is 0.407 e. The van der Waals surface area contributed by atoms with Gasteiger partial charge in [-0.15, -0.1) is 0 Å². The Morgan fingerprint density at radius 3 is 2.96 bits per heavy atom. The van der Waals surface area contributed by atoms with Crippen molar-refractivity contribution >= 4 is 18.0 Å². The molecule has 1 aromatic rings. The molecule has 6 nitrogen and oxygen atoms in total. The largest absolute Gasteiger partial charge is 0.445 e. The molecule has 6 heteroatoms. The van der Waals surface area contributed by atoms with Gasteiger partial charge in [-0.2, -0.15) is 5.26 Å². The van der Waals surface area contributed by atoms with Crippen LogP contribution in [0.25, 0.3) is 0 Å². The molecule has 2 rings (SSSR count). The fraction of sp³-hybridized carbons (Fsp3) is 0.444. The quantitative estimate of drug-likeness (QED) is 0.620. The third-order valence-electron chi connectivity index (χ3n) is 4.00. The number of nitriles is 1. The predicted molar refractivity (Wildman–Crippen MR) is 92.2 cm³/mol. The van der Waals surface area contributed by atoms with Crippen LogP contribution in [0.3, 0.4) is 0 Å². The van der Waals surface area contributed by atoms with E-state index >= 15 is 0 Å². The molecule has 1 saturated carbocycles. The molecule has 24 heavy (non-hydrogen) atoms. The Hall–Kier alpha value is -2.68. The normalized spacial score (nSPS) is 21.7. The Morgan fingerprint density at radius 2 is 2.25 bits per heavy atom. The van der Waals surface area contributed by atoms with E-state index in [-0.39, 0.29) is 18.6 Å². The number of alkyl carbamates (subject to hydrolysis) is 1. The molecular formula is C18H22N4O2. The summed E-state index contributed by atoms with van der Waals surface area (Å²) in [4.78, 5) is 16.4. The van der Waals surface area contributed by atoms with Gasteiger partial charge in [0.25, 0.3) is 0 Å². The minimum absolute atomic E-state index is 0.180. The summed E-state index contributed by atoms with van der Waals surface area (Å²) >= 11 is 0. The lowest BCUT2D eigenvalue weighted by Crippen LogP contribution is -2.46. The summed E-state index contributed by atoms with van der Waals surface area (Å²) in [6, 6.07) is 11.4. The van der Waals surface area contributed by atoms with Crippen molar-refractivity contribution in [3.8, 4) is 6.07 Å². The standard InChI is InChI=1S/C18H22N4O2/c19-10-5-11-21-16-8-4-9-17(15(16)12-20)22-18(23)24-13-14-6-2-1-3-7-14/h1-3,6-7,12,15,17,20H,4-5,8-9,11,13H2,(H,22,23). The monoisotopic (exact) mass is 326 g/mol. The highest BCUT2D eigenvalue weighted by molar-refractivity contribution is 5.99. The molecule has 1 fully saturated rings. The van der Waals surface area contributed by atoms with E-state index in [1.54, 1.807) is 0 Å². The first-order chi connectivity index (χ1) is 11.7. The molecule has 1 aliphatic carbocycles. The minimum atomic E-state index is -0.478. The van der Waals surface area contributed by atoms with Gasteiger partial charge >= 0.3 is 6.09 Å². The molecule has 1 amide bonds. The number of rotatable bonds is 6. The maximum absolute atomic E-state index is 12.0. The summed E-state index contributed by atoms with van der Waals surface area (Å²) < 4.78 is 5.25. The highest BCUT2D eigenvalue weighted by atomic mass is 16.5. The van der Waals surface area contributed by atoms with Crippen molar-refractivity contribution in [1.82, 2.24) is 5.32 Å². The van der Waals surface area contributed by atoms with Crippen LogP contribution < -0.4 is 5.32 Å². The number of hydrogen-bond acceptors (Lipinski definition) is 5. The van der Waals surface area contributed by atoms with E-state index in [4.69, 9.17) is 15.4 Å². The van der Waals surface area contributed by atoms with E-state index < -0.39 is 6.09 Å². The fourth-order valence-electron chi connectivity index (χ4n) is 2.81. The van der Waals surface area contributed by atoms with Crippen molar-refractivity contribution in [2.75, 3.05) is 6.54 Å². The van der Waals surface area contributed by atoms with Crippen LogP contribution in [0.5, 0.6) is 0 Å². The van der Waals surface area contributed by atoms with Gasteiger partial charge in [0.1, 0.15) is 6.61 Å². The lowest BCUT2D eigenvalue weighted by molar-refractivity contribution is 0.134. The van der Waals surface area contributed by atoms with E-state index in [2.05, 4.69) is 16.4 Å². The second kappa shape index (κ2) is 9.46. The maximum atomic E-state index is 12.0. The van der Waals surface area contributed by atoms with Crippen molar-refractivity contribution in [2.24, 2.45) is 10.9 Å². The second-order valence-electron chi connectivity index (χ2n) is 5.68. The molecule has 0 bridgehead atoms. The number of carbonyl (C=O) groups excluding carboxylic acids is 1. The van der Waals surface area contributed by atoms with Gasteiger partial charge in [-0.1, -0.05) is 30.3 Å². The Bertz CT molecular complexity index is 622. The fourth-order valence-corrected chi connectivity index (χ4v) is 2.81. The van der Waals surface area contributed by atoms with E-state index in [1.807, 2.05) is 30.3 Å². The first-order valence-corrected chi connectivity index (χ1v) is 8.12. The SMILES string of the molecule is N#CCCN=C1CCCC(NC(=O)OCc2ccccc2)C1C=N. The van der Waals surface area contributed by atoms with Crippen molar-refractivity contribution in [1.29, 1.82) is 10.7 Å². The molecular weight excluding hydrogens is 304 g/mol. The van der Waals surface area contributed by atoms with E-state index in [9.17, 15) is 4.79 Å². The van der Waals surface area contributed by atoms with E-state index in [1.165, 1.54) is 6.21 Å². The van der Waals surface area contributed by atoms with Crippen LogP contribution in [0.4, 0.5) is 4.79 Å². The first-order valence-electron chi connectivity index (χ1n) is 8.12. The Morgan fingerprint density at radius 1 is 1.46 bits per heavy atom. The molecule has 0 saturated heterocycles. The van der Waals surface area contributed by atoms with Crippen LogP contribution in [0, 0.1) is 22.7 Å². The molecule has 2 atom stereocenters. The van der Waals surface area contributed by atoms with E-state index in [0.29, 0.717) is 13.0 Å². The van der Waals surface area contributed by atoms with Crippen molar-refractivity contribution < 1.29 is 9.53 Å². The van der Waals surface area contributed by atoms with Crippen LogP contribution >= 0.6 is 0 Å². The zero-order chi connectivity index (χ0) is 17.2. The molecule has 0 aliphatic heterocycles. The molecule has 2 N–H and O–H groups in total. The molecule has 0 aromatic heterocycles. The van der Waals surface area contributed by atoms with Gasteiger partial charge in [-0.05, 0) is 24.8 Å². The number of carbonyl (C=O) groups is 1. The highest BCUT2D eigenvalue weighted by Crippen LogP contribution is 2.22. The van der Waals surface area contributed by atoms with Gasteiger partial charge in [0.15, 0.2) is 0 Å². The van der Waals surface area contributed by atoms with Crippen LogP contribution in [-0.4, -0.2) is 30.6 Å². The molecule has 1 aliphatic rings. The summed E-state index contributed by atoms with van der Waals surface area (Å²) in [7, 11) is 0. The van der Waals surface area contributed by atoms with Crippen molar-refractivity contribution in [2.45, 2.75) is 38.3 Å². The van der Waals surface area contributed by atoms with Gasteiger partial charge < -0.3 is 15.5 Å². The van der Waals surface area contributed by atoms with Gasteiger partial charge in [-0.25, -0.2) is 4.79 Å². The lowest BCUT2D eigenvalue weighted by atomic mass is 9.83. The van der Waals surface area contributed by atoms with Crippen LogP contribution in [0.1, 0.15) is 31.2 Å². The number of hydrogen-bond donors (Lipinski definition) is 2. The zero-order valence-electron chi connectivity index (χ0n) is 13.6. The zero-order valence-corrected chi connectivity index (χ0v) is 13.6. The Balaban J connectivity index is 1.89. The average Bonchev–Trinajstić information content (AvgIpc) is 2.61. The topological polar surface area (TPSA) is 98.3 Å². The first kappa shape index (κ1) is 17.7. The Labute approximate surface area is 142 Å². The lowest BCUT2D eigenvalue weighted by Gasteiger charge is -2.30. The van der Waals surface area contributed by atoms with Gasteiger partial charge in [0.05, 0.1) is 25.0 Å². The van der Waals surface area contributed by atoms with Crippen LogP contribution in [0.15, 0.2) is 35.3 Å². The molecule has 2 unspecified atom stereocenters. The number of nitrogens with one attached hydrogen (secondary N) is 2. The number of ether oxygens (including phenoxy) is 1. The predicted octanol–water partition coefficient (Wildman–Crippen LogP) is 3.09. The van der Waals surface area contributed by atoms with Crippen LogP contribution in [0.2, 0.25) is 0 Å². The summed E-state index contributed by atoms with van der Waals surface area (Å²) in [5.74, 6) is -0.221. The summed E-state index contributed by atoms with van der Waals surface area (Å²) in [6.07, 6.45) is 3.71. The van der Waals surface area contributed by atoms with Gasteiger partial charge in [-0.3, -0.25) is 4.99 Å². The van der Waals surface area contributed by atoms with Gasteiger partial charge in [0.2, 0.25) is 0 Å².